The number of fused-ring (bicyclic) bond motifs is 1. The van der Waals surface area contributed by atoms with E-state index in [2.05, 4.69) is 10.6 Å². The second kappa shape index (κ2) is 4.33. The van der Waals surface area contributed by atoms with E-state index < -0.39 is 11.4 Å². The van der Waals surface area contributed by atoms with Crippen LogP contribution in [0.1, 0.15) is 30.6 Å². The molecule has 18 heavy (non-hydrogen) atoms. The third-order valence-corrected chi connectivity index (χ3v) is 3.51. The molecule has 1 aromatic rings. The Balaban J connectivity index is 2.39. The quantitative estimate of drug-likeness (QED) is 0.749. The number of aromatic carboxylic acids is 1. The van der Waals surface area contributed by atoms with Crippen molar-refractivity contribution in [2.45, 2.75) is 20.3 Å². The maximum atomic E-state index is 12.1. The van der Waals surface area contributed by atoms with E-state index in [0.717, 1.165) is 5.69 Å². The highest BCUT2D eigenvalue weighted by Crippen LogP contribution is 2.32. The predicted molar refractivity (Wildman–Crippen MR) is 68.9 cm³/mol. The fourth-order valence-electron chi connectivity index (χ4n) is 1.86. The van der Waals surface area contributed by atoms with Gasteiger partial charge in [-0.2, -0.15) is 0 Å². The van der Waals surface area contributed by atoms with E-state index in [0.29, 0.717) is 18.7 Å². The number of benzene rings is 1. The molecule has 96 valence electrons. The number of carbonyl (C=O) groups is 2. The third kappa shape index (κ3) is 2.03. The van der Waals surface area contributed by atoms with Crippen molar-refractivity contribution >= 4 is 23.3 Å². The third-order valence-electron chi connectivity index (χ3n) is 3.51. The van der Waals surface area contributed by atoms with Gasteiger partial charge in [-0.15, -0.1) is 0 Å². The molecular weight excluding hydrogens is 232 g/mol. The molecule has 3 N–H and O–H groups in total. The number of nitrogens with one attached hydrogen (secondary N) is 2. The molecule has 5 nitrogen and oxygen atoms in total. The summed E-state index contributed by atoms with van der Waals surface area (Å²) in [5.41, 5.74) is 0.959. The van der Waals surface area contributed by atoms with Crippen molar-refractivity contribution in [2.75, 3.05) is 17.2 Å². The van der Waals surface area contributed by atoms with E-state index in [1.165, 1.54) is 12.1 Å². The van der Waals surface area contributed by atoms with Gasteiger partial charge in [0.05, 0.1) is 22.4 Å². The molecular formula is C13H16N2O3. The Bertz CT molecular complexity index is 513. The summed E-state index contributed by atoms with van der Waals surface area (Å²) in [6.45, 7) is 4.38. The lowest BCUT2D eigenvalue weighted by atomic mass is 9.86. The van der Waals surface area contributed by atoms with Crippen molar-refractivity contribution < 1.29 is 14.7 Å². The number of carboxylic acid groups (broad SMARTS) is 1. The normalized spacial score (nSPS) is 22.4. The molecule has 1 aliphatic rings. The molecule has 0 radical (unpaired) electrons. The van der Waals surface area contributed by atoms with Gasteiger partial charge >= 0.3 is 5.97 Å². The standard InChI is InChI=1S/C13H16N2O3/c1-3-13(2)7-14-9-5-4-8(11(16)17)6-10(9)15-12(13)18/h4-6,14H,3,7H2,1-2H3,(H,15,18)(H,16,17). The molecule has 0 bridgehead atoms. The van der Waals surface area contributed by atoms with E-state index in [-0.39, 0.29) is 11.5 Å². The zero-order chi connectivity index (χ0) is 13.3. The Labute approximate surface area is 105 Å². The van der Waals surface area contributed by atoms with Crippen LogP contribution < -0.4 is 10.6 Å². The summed E-state index contributed by atoms with van der Waals surface area (Å²) in [6, 6.07) is 4.68. The van der Waals surface area contributed by atoms with E-state index >= 15 is 0 Å². The minimum absolute atomic E-state index is 0.0845. The Morgan fingerprint density at radius 2 is 2.17 bits per heavy atom. The van der Waals surface area contributed by atoms with E-state index in [1.807, 2.05) is 13.8 Å². The molecule has 0 spiro atoms. The molecule has 1 aromatic carbocycles. The van der Waals surface area contributed by atoms with Gasteiger partial charge < -0.3 is 15.7 Å². The number of hydrogen-bond donors (Lipinski definition) is 3. The van der Waals surface area contributed by atoms with Crippen LogP contribution in [0.5, 0.6) is 0 Å². The van der Waals surface area contributed by atoms with Crippen LogP contribution in [0.3, 0.4) is 0 Å². The number of anilines is 2. The molecule has 0 fully saturated rings. The van der Waals surface area contributed by atoms with Gasteiger partial charge in [0.15, 0.2) is 0 Å². The average molecular weight is 248 g/mol. The average Bonchev–Trinajstić information content (AvgIpc) is 2.47. The van der Waals surface area contributed by atoms with Crippen molar-refractivity contribution in [1.29, 1.82) is 0 Å². The van der Waals surface area contributed by atoms with Gasteiger partial charge in [-0.1, -0.05) is 6.92 Å². The zero-order valence-electron chi connectivity index (χ0n) is 10.4. The smallest absolute Gasteiger partial charge is 0.335 e. The number of hydrogen-bond acceptors (Lipinski definition) is 3. The SMILES string of the molecule is CCC1(C)CNc2ccc(C(=O)O)cc2NC1=O. The van der Waals surface area contributed by atoms with Crippen LogP contribution in [0.15, 0.2) is 18.2 Å². The molecule has 1 aliphatic heterocycles. The fraction of sp³-hybridized carbons (Fsp3) is 0.385. The zero-order valence-corrected chi connectivity index (χ0v) is 10.4. The van der Waals surface area contributed by atoms with Crippen LogP contribution in [0.25, 0.3) is 0 Å². The van der Waals surface area contributed by atoms with Gasteiger partial charge in [-0.3, -0.25) is 4.79 Å². The van der Waals surface area contributed by atoms with Crippen LogP contribution >= 0.6 is 0 Å². The van der Waals surface area contributed by atoms with E-state index in [9.17, 15) is 9.59 Å². The van der Waals surface area contributed by atoms with Crippen LogP contribution in [0.2, 0.25) is 0 Å². The Morgan fingerprint density at radius 3 is 2.78 bits per heavy atom. The summed E-state index contributed by atoms with van der Waals surface area (Å²) in [5.74, 6) is -1.09. The lowest BCUT2D eigenvalue weighted by Crippen LogP contribution is -2.36. The second-order valence-electron chi connectivity index (χ2n) is 4.79. The number of amides is 1. The van der Waals surface area contributed by atoms with Gasteiger partial charge in [0.2, 0.25) is 5.91 Å². The highest BCUT2D eigenvalue weighted by molar-refractivity contribution is 6.01. The molecule has 1 heterocycles. The number of carbonyl (C=O) groups excluding carboxylic acids is 1. The number of carboxylic acids is 1. The molecule has 5 heteroatoms. The van der Waals surface area contributed by atoms with Crippen LogP contribution in [0.4, 0.5) is 11.4 Å². The lowest BCUT2D eigenvalue weighted by molar-refractivity contribution is -0.124. The second-order valence-corrected chi connectivity index (χ2v) is 4.79. The van der Waals surface area contributed by atoms with Crippen molar-refractivity contribution in [3.63, 3.8) is 0 Å². The van der Waals surface area contributed by atoms with Crippen molar-refractivity contribution in [2.24, 2.45) is 5.41 Å². The first-order chi connectivity index (χ1) is 8.46. The summed E-state index contributed by atoms with van der Waals surface area (Å²) in [7, 11) is 0. The molecule has 0 aliphatic carbocycles. The summed E-state index contributed by atoms with van der Waals surface area (Å²) >= 11 is 0. The molecule has 0 saturated heterocycles. The highest BCUT2D eigenvalue weighted by Gasteiger charge is 2.34. The first-order valence-electron chi connectivity index (χ1n) is 5.89. The van der Waals surface area contributed by atoms with Crippen LogP contribution in [-0.2, 0) is 4.79 Å². The predicted octanol–water partition coefficient (Wildman–Crippen LogP) is 2.17. The largest absolute Gasteiger partial charge is 0.478 e. The van der Waals surface area contributed by atoms with Crippen LogP contribution in [-0.4, -0.2) is 23.5 Å². The fourth-order valence-corrected chi connectivity index (χ4v) is 1.86. The Hall–Kier alpha value is -2.04. The lowest BCUT2D eigenvalue weighted by Gasteiger charge is -2.23. The Kier molecular flexibility index (Phi) is 2.98. The summed E-state index contributed by atoms with van der Waals surface area (Å²) < 4.78 is 0. The van der Waals surface area contributed by atoms with Crippen molar-refractivity contribution in [3.05, 3.63) is 23.8 Å². The van der Waals surface area contributed by atoms with Crippen molar-refractivity contribution in [1.82, 2.24) is 0 Å². The van der Waals surface area contributed by atoms with Gasteiger partial charge in [0, 0.05) is 6.54 Å². The van der Waals surface area contributed by atoms with Crippen molar-refractivity contribution in [3.8, 4) is 0 Å². The Morgan fingerprint density at radius 1 is 1.44 bits per heavy atom. The molecule has 1 atom stereocenters. The summed E-state index contributed by atoms with van der Waals surface area (Å²) in [4.78, 5) is 23.0. The first-order valence-corrected chi connectivity index (χ1v) is 5.89. The van der Waals surface area contributed by atoms with E-state index in [4.69, 9.17) is 5.11 Å². The van der Waals surface area contributed by atoms with E-state index in [1.54, 1.807) is 6.07 Å². The molecule has 0 saturated carbocycles. The minimum Gasteiger partial charge on any atom is -0.478 e. The summed E-state index contributed by atoms with van der Waals surface area (Å²) in [6.07, 6.45) is 0.714. The van der Waals surface area contributed by atoms with Gasteiger partial charge in [0.25, 0.3) is 0 Å². The van der Waals surface area contributed by atoms with Gasteiger partial charge in [-0.25, -0.2) is 4.79 Å². The monoisotopic (exact) mass is 248 g/mol. The topological polar surface area (TPSA) is 78.4 Å². The minimum atomic E-state index is -1.01. The number of rotatable bonds is 2. The maximum Gasteiger partial charge on any atom is 0.335 e. The maximum absolute atomic E-state index is 12.1. The molecule has 1 amide bonds. The summed E-state index contributed by atoms with van der Waals surface area (Å²) in [5, 5.41) is 14.9. The highest BCUT2D eigenvalue weighted by atomic mass is 16.4. The van der Waals surface area contributed by atoms with Gasteiger partial charge in [-0.05, 0) is 31.5 Å². The molecule has 1 unspecified atom stereocenters. The first kappa shape index (κ1) is 12.4. The molecule has 0 aromatic heterocycles. The molecule has 2 rings (SSSR count). The van der Waals surface area contributed by atoms with Gasteiger partial charge in [0.1, 0.15) is 0 Å². The van der Waals surface area contributed by atoms with Crippen LogP contribution in [0, 0.1) is 5.41 Å².